The second-order valence-electron chi connectivity index (χ2n) is 5.33. The molecule has 4 heterocycles. The third-order valence-corrected chi connectivity index (χ3v) is 4.64. The summed E-state index contributed by atoms with van der Waals surface area (Å²) < 4.78 is 15.3. The van der Waals surface area contributed by atoms with Crippen molar-refractivity contribution in [3.63, 3.8) is 0 Å². The average Bonchev–Trinajstić information content (AvgIpc) is 3.30. The monoisotopic (exact) mass is 344 g/mol. The van der Waals surface area contributed by atoms with Gasteiger partial charge in [0.05, 0.1) is 33.8 Å². The molecular weight excluding hydrogens is 332 g/mol. The molecule has 4 rings (SSSR count). The zero-order chi connectivity index (χ0) is 16.7. The average molecular weight is 344 g/mol. The van der Waals surface area contributed by atoms with E-state index in [-0.39, 0.29) is 17.9 Å². The van der Waals surface area contributed by atoms with Crippen LogP contribution in [0.15, 0.2) is 28.1 Å². The third kappa shape index (κ3) is 2.44. The summed E-state index contributed by atoms with van der Waals surface area (Å²) >= 11 is 1.49. The van der Waals surface area contributed by atoms with Crippen LogP contribution in [-0.2, 0) is 14.3 Å². The Morgan fingerprint density at radius 2 is 2.33 bits per heavy atom. The first kappa shape index (κ1) is 14.8. The van der Waals surface area contributed by atoms with Gasteiger partial charge in [0.15, 0.2) is 0 Å². The largest absolute Gasteiger partial charge is 0.463 e. The first-order valence-corrected chi connectivity index (χ1v) is 8.20. The Morgan fingerprint density at radius 3 is 3.04 bits per heavy atom. The first-order valence-electron chi connectivity index (χ1n) is 7.32. The molecular formula is C16H12N2O5S. The summed E-state index contributed by atoms with van der Waals surface area (Å²) in [5.74, 6) is -1.13. The highest BCUT2D eigenvalue weighted by Crippen LogP contribution is 2.30. The number of carbonyl (C=O) groups excluding carboxylic acids is 2. The van der Waals surface area contributed by atoms with Gasteiger partial charge in [0.25, 0.3) is 5.71 Å². The Labute approximate surface area is 140 Å². The molecule has 0 amide bonds. The molecule has 1 aliphatic rings. The van der Waals surface area contributed by atoms with E-state index in [1.165, 1.54) is 11.3 Å². The van der Waals surface area contributed by atoms with Crippen molar-refractivity contribution in [2.75, 3.05) is 6.61 Å². The van der Waals surface area contributed by atoms with Gasteiger partial charge >= 0.3 is 11.9 Å². The molecule has 1 saturated heterocycles. The van der Waals surface area contributed by atoms with Crippen LogP contribution in [0.2, 0.25) is 0 Å². The van der Waals surface area contributed by atoms with Gasteiger partial charge in [-0.05, 0) is 24.4 Å². The number of pyridine rings is 1. The maximum Gasteiger partial charge on any atom is 0.347 e. The highest BCUT2D eigenvalue weighted by atomic mass is 32.1. The van der Waals surface area contributed by atoms with Gasteiger partial charge < -0.3 is 14.0 Å². The van der Waals surface area contributed by atoms with Crippen LogP contribution in [0.4, 0.5) is 0 Å². The number of aryl methyl sites for hydroxylation is 1. The SMILES string of the molecule is Cc1noc2nc(-c3cccs3)cc(C(=O)OC3CCOC3=O)c12. The maximum absolute atomic E-state index is 12.6. The summed E-state index contributed by atoms with van der Waals surface area (Å²) in [5.41, 5.74) is 1.67. The van der Waals surface area contributed by atoms with Gasteiger partial charge in [0, 0.05) is 6.42 Å². The maximum atomic E-state index is 12.6. The zero-order valence-corrected chi connectivity index (χ0v) is 13.5. The van der Waals surface area contributed by atoms with Crippen molar-refractivity contribution in [2.45, 2.75) is 19.4 Å². The van der Waals surface area contributed by atoms with Crippen LogP contribution in [0.1, 0.15) is 22.5 Å². The highest BCUT2D eigenvalue weighted by molar-refractivity contribution is 7.13. The lowest BCUT2D eigenvalue weighted by molar-refractivity contribution is -0.145. The van der Waals surface area contributed by atoms with E-state index in [9.17, 15) is 9.59 Å². The van der Waals surface area contributed by atoms with E-state index >= 15 is 0 Å². The van der Waals surface area contributed by atoms with Crippen molar-refractivity contribution in [1.29, 1.82) is 0 Å². The van der Waals surface area contributed by atoms with Gasteiger partial charge in [-0.1, -0.05) is 11.2 Å². The lowest BCUT2D eigenvalue weighted by atomic mass is 10.1. The molecule has 1 fully saturated rings. The molecule has 24 heavy (non-hydrogen) atoms. The van der Waals surface area contributed by atoms with Gasteiger partial charge in [-0.3, -0.25) is 0 Å². The van der Waals surface area contributed by atoms with E-state index in [1.807, 2.05) is 17.5 Å². The van der Waals surface area contributed by atoms with Gasteiger partial charge in [0.1, 0.15) is 0 Å². The minimum Gasteiger partial charge on any atom is -0.463 e. The van der Waals surface area contributed by atoms with Crippen LogP contribution in [0.25, 0.3) is 21.7 Å². The molecule has 0 aromatic carbocycles. The molecule has 0 bridgehead atoms. The van der Waals surface area contributed by atoms with Crippen molar-refractivity contribution < 1.29 is 23.6 Å². The van der Waals surface area contributed by atoms with Crippen molar-refractivity contribution in [2.24, 2.45) is 0 Å². The van der Waals surface area contributed by atoms with Crippen molar-refractivity contribution in [3.05, 3.63) is 34.8 Å². The fraction of sp³-hybridized carbons (Fsp3) is 0.250. The van der Waals surface area contributed by atoms with Gasteiger partial charge in [-0.2, -0.15) is 0 Å². The third-order valence-electron chi connectivity index (χ3n) is 3.75. The minimum absolute atomic E-state index is 0.259. The lowest BCUT2D eigenvalue weighted by Crippen LogP contribution is -2.23. The molecule has 1 atom stereocenters. The Balaban J connectivity index is 1.79. The predicted octanol–water partition coefficient (Wildman–Crippen LogP) is 2.73. The van der Waals surface area contributed by atoms with Gasteiger partial charge in [0.2, 0.25) is 6.10 Å². The molecule has 0 radical (unpaired) electrons. The number of rotatable bonds is 3. The van der Waals surface area contributed by atoms with E-state index < -0.39 is 18.0 Å². The second kappa shape index (κ2) is 5.72. The fourth-order valence-electron chi connectivity index (χ4n) is 2.58. The van der Waals surface area contributed by atoms with Crippen molar-refractivity contribution in [1.82, 2.24) is 10.1 Å². The molecule has 1 aliphatic heterocycles. The summed E-state index contributed by atoms with van der Waals surface area (Å²) in [4.78, 5) is 29.4. The number of hydrogen-bond donors (Lipinski definition) is 0. The minimum atomic E-state index is -0.869. The van der Waals surface area contributed by atoms with Crippen LogP contribution >= 0.6 is 11.3 Å². The number of ether oxygens (including phenoxy) is 2. The molecule has 3 aromatic heterocycles. The van der Waals surface area contributed by atoms with Gasteiger partial charge in [-0.15, -0.1) is 11.3 Å². The number of cyclic esters (lactones) is 1. The second-order valence-corrected chi connectivity index (χ2v) is 6.28. The molecule has 3 aromatic rings. The van der Waals surface area contributed by atoms with Crippen LogP contribution < -0.4 is 0 Å². The van der Waals surface area contributed by atoms with Crippen molar-refractivity contribution in [3.8, 4) is 10.6 Å². The van der Waals surface area contributed by atoms with E-state index in [0.29, 0.717) is 23.2 Å². The van der Waals surface area contributed by atoms with E-state index in [4.69, 9.17) is 14.0 Å². The van der Waals surface area contributed by atoms with Crippen molar-refractivity contribution >= 4 is 34.4 Å². The molecule has 0 N–H and O–H groups in total. The van der Waals surface area contributed by atoms with Crippen LogP contribution in [0.3, 0.4) is 0 Å². The van der Waals surface area contributed by atoms with Crippen LogP contribution in [-0.4, -0.2) is 34.8 Å². The summed E-state index contributed by atoms with van der Waals surface area (Å²) in [6, 6.07) is 5.43. The number of hydrogen-bond acceptors (Lipinski definition) is 8. The normalized spacial score (nSPS) is 17.2. The topological polar surface area (TPSA) is 91.5 Å². The number of nitrogens with zero attached hydrogens (tertiary/aromatic N) is 2. The Morgan fingerprint density at radius 1 is 1.46 bits per heavy atom. The highest BCUT2D eigenvalue weighted by Gasteiger charge is 2.32. The Hall–Kier alpha value is -2.74. The van der Waals surface area contributed by atoms with E-state index in [1.54, 1.807) is 13.0 Å². The number of carbonyl (C=O) groups is 2. The molecule has 122 valence electrons. The quantitative estimate of drug-likeness (QED) is 0.675. The van der Waals surface area contributed by atoms with E-state index in [2.05, 4.69) is 10.1 Å². The standard InChI is InChI=1S/C16H12N2O5S/c1-8-13-9(15(19)22-11-4-5-21-16(11)20)7-10(12-3-2-6-24-12)17-14(13)23-18-8/h2-3,6-7,11H,4-5H2,1H3. The lowest BCUT2D eigenvalue weighted by Gasteiger charge is -2.09. The number of esters is 2. The molecule has 1 unspecified atom stereocenters. The van der Waals surface area contributed by atoms with Gasteiger partial charge in [-0.25, -0.2) is 14.6 Å². The summed E-state index contributed by atoms with van der Waals surface area (Å²) in [6.45, 7) is 1.98. The summed E-state index contributed by atoms with van der Waals surface area (Å²) in [7, 11) is 0. The van der Waals surface area contributed by atoms with Crippen LogP contribution in [0, 0.1) is 6.92 Å². The molecule has 0 spiro atoms. The number of thiophene rings is 1. The van der Waals surface area contributed by atoms with Crippen LogP contribution in [0.5, 0.6) is 0 Å². The Bertz CT molecular complexity index is 932. The fourth-order valence-corrected chi connectivity index (χ4v) is 3.27. The Kier molecular flexibility index (Phi) is 3.53. The first-order chi connectivity index (χ1) is 11.6. The molecule has 7 nitrogen and oxygen atoms in total. The van der Waals surface area contributed by atoms with E-state index in [0.717, 1.165) is 4.88 Å². The molecule has 0 aliphatic carbocycles. The number of fused-ring (bicyclic) bond motifs is 1. The molecule has 8 heteroatoms. The summed E-state index contributed by atoms with van der Waals surface area (Å²) in [6.07, 6.45) is -0.509. The summed E-state index contributed by atoms with van der Waals surface area (Å²) in [5, 5.41) is 6.28. The smallest absolute Gasteiger partial charge is 0.347 e. The number of aromatic nitrogens is 2. The molecule has 0 saturated carbocycles. The predicted molar refractivity (Wildman–Crippen MR) is 84.6 cm³/mol. The zero-order valence-electron chi connectivity index (χ0n) is 12.6.